The van der Waals surface area contributed by atoms with Crippen LogP contribution in [0.25, 0.3) is 11.4 Å². The second-order valence-corrected chi connectivity index (χ2v) is 5.22. The van der Waals surface area contributed by atoms with E-state index in [1.165, 1.54) is 25.7 Å². The lowest BCUT2D eigenvalue weighted by Gasteiger charge is -2.12. The SMILES string of the molecule is COc1ccc(-c2nc(NN)cc(C3CCCC3)n2)cn1. The summed E-state index contributed by atoms with van der Waals surface area (Å²) in [6.07, 6.45) is 6.61. The van der Waals surface area contributed by atoms with Gasteiger partial charge in [0, 0.05) is 35.5 Å². The molecule has 2 aromatic rings. The maximum atomic E-state index is 5.53. The van der Waals surface area contributed by atoms with Crippen LogP contribution in [0.1, 0.15) is 37.3 Å². The standard InChI is InChI=1S/C15H19N5O/c1-21-14-7-6-11(9-17-14)15-18-12(8-13(19-15)20-16)10-4-2-3-5-10/h6-10H,2-5,16H2,1H3,(H,18,19,20). The second-order valence-electron chi connectivity index (χ2n) is 5.22. The number of pyridine rings is 1. The topological polar surface area (TPSA) is 86.0 Å². The first-order valence-electron chi connectivity index (χ1n) is 7.16. The molecule has 0 radical (unpaired) electrons. The number of nitrogens with one attached hydrogen (secondary N) is 1. The van der Waals surface area contributed by atoms with Crippen molar-refractivity contribution in [2.45, 2.75) is 31.6 Å². The highest BCUT2D eigenvalue weighted by Gasteiger charge is 2.20. The lowest BCUT2D eigenvalue weighted by Crippen LogP contribution is -2.11. The molecule has 3 N–H and O–H groups in total. The fourth-order valence-electron chi connectivity index (χ4n) is 2.73. The maximum Gasteiger partial charge on any atom is 0.212 e. The van der Waals surface area contributed by atoms with E-state index in [1.54, 1.807) is 19.4 Å². The molecule has 0 spiro atoms. The van der Waals surface area contributed by atoms with Gasteiger partial charge >= 0.3 is 0 Å². The minimum atomic E-state index is 0.505. The van der Waals surface area contributed by atoms with Crippen LogP contribution in [0.3, 0.4) is 0 Å². The molecule has 0 amide bonds. The first-order valence-corrected chi connectivity index (χ1v) is 7.16. The minimum absolute atomic E-state index is 0.505. The van der Waals surface area contributed by atoms with Gasteiger partial charge in [0.05, 0.1) is 7.11 Å². The zero-order valence-corrected chi connectivity index (χ0v) is 12.0. The van der Waals surface area contributed by atoms with Crippen LogP contribution < -0.4 is 16.0 Å². The van der Waals surface area contributed by atoms with E-state index in [-0.39, 0.29) is 0 Å². The Morgan fingerprint density at radius 1 is 1.24 bits per heavy atom. The Balaban J connectivity index is 1.97. The van der Waals surface area contributed by atoms with E-state index in [0.717, 1.165) is 11.3 Å². The van der Waals surface area contributed by atoms with Gasteiger partial charge in [-0.05, 0) is 18.9 Å². The number of methoxy groups -OCH3 is 1. The molecular formula is C15H19N5O. The van der Waals surface area contributed by atoms with E-state index in [4.69, 9.17) is 15.6 Å². The molecule has 0 bridgehead atoms. The van der Waals surface area contributed by atoms with E-state index in [2.05, 4.69) is 15.4 Å². The molecule has 1 fully saturated rings. The van der Waals surface area contributed by atoms with Gasteiger partial charge in [-0.25, -0.2) is 20.8 Å². The van der Waals surface area contributed by atoms with E-state index >= 15 is 0 Å². The van der Waals surface area contributed by atoms with Gasteiger partial charge in [-0.1, -0.05) is 12.8 Å². The van der Waals surface area contributed by atoms with Crippen LogP contribution in [0, 0.1) is 0 Å². The highest BCUT2D eigenvalue weighted by Crippen LogP contribution is 2.34. The molecule has 6 heteroatoms. The van der Waals surface area contributed by atoms with Crippen molar-refractivity contribution in [3.8, 4) is 17.3 Å². The van der Waals surface area contributed by atoms with Gasteiger partial charge in [-0.3, -0.25) is 0 Å². The van der Waals surface area contributed by atoms with Crippen LogP contribution in [0.4, 0.5) is 5.82 Å². The molecule has 0 aromatic carbocycles. The largest absolute Gasteiger partial charge is 0.481 e. The average molecular weight is 285 g/mol. The summed E-state index contributed by atoms with van der Waals surface area (Å²) in [5, 5.41) is 0. The summed E-state index contributed by atoms with van der Waals surface area (Å²) in [7, 11) is 1.59. The van der Waals surface area contributed by atoms with Crippen molar-refractivity contribution in [2.24, 2.45) is 5.84 Å². The highest BCUT2D eigenvalue weighted by molar-refractivity contribution is 5.57. The molecule has 21 heavy (non-hydrogen) atoms. The zero-order valence-electron chi connectivity index (χ0n) is 12.0. The molecule has 0 unspecified atom stereocenters. The number of hydrazine groups is 1. The van der Waals surface area contributed by atoms with Crippen LogP contribution in [-0.4, -0.2) is 22.1 Å². The van der Waals surface area contributed by atoms with Crippen LogP contribution in [0.2, 0.25) is 0 Å². The monoisotopic (exact) mass is 285 g/mol. The molecule has 6 nitrogen and oxygen atoms in total. The molecule has 1 aliphatic rings. The maximum absolute atomic E-state index is 5.53. The Kier molecular flexibility index (Phi) is 3.96. The summed E-state index contributed by atoms with van der Waals surface area (Å²) in [4.78, 5) is 13.3. The summed E-state index contributed by atoms with van der Waals surface area (Å²) < 4.78 is 5.07. The Labute approximate surface area is 123 Å². The Bertz CT molecular complexity index is 608. The van der Waals surface area contributed by atoms with E-state index < -0.39 is 0 Å². The van der Waals surface area contributed by atoms with Crippen molar-refractivity contribution >= 4 is 5.82 Å². The number of nitrogen functional groups attached to an aromatic ring is 1. The number of aromatic nitrogens is 3. The van der Waals surface area contributed by atoms with Gasteiger partial charge in [0.15, 0.2) is 5.82 Å². The molecule has 0 atom stereocenters. The third-order valence-electron chi connectivity index (χ3n) is 3.87. The van der Waals surface area contributed by atoms with Crippen molar-refractivity contribution in [1.29, 1.82) is 0 Å². The highest BCUT2D eigenvalue weighted by atomic mass is 16.5. The smallest absolute Gasteiger partial charge is 0.212 e. The van der Waals surface area contributed by atoms with Crippen LogP contribution in [0.5, 0.6) is 5.88 Å². The summed E-state index contributed by atoms with van der Waals surface area (Å²) >= 11 is 0. The molecule has 3 rings (SSSR count). The Morgan fingerprint density at radius 2 is 2.05 bits per heavy atom. The second kappa shape index (κ2) is 6.05. The molecule has 1 aliphatic carbocycles. The normalized spacial score (nSPS) is 15.1. The number of nitrogens with two attached hydrogens (primary N) is 1. The van der Waals surface area contributed by atoms with Crippen molar-refractivity contribution in [3.63, 3.8) is 0 Å². The molecule has 0 aliphatic heterocycles. The lowest BCUT2D eigenvalue weighted by molar-refractivity contribution is 0.398. The van der Waals surface area contributed by atoms with Gasteiger partial charge in [0.25, 0.3) is 0 Å². The van der Waals surface area contributed by atoms with Gasteiger partial charge in [-0.15, -0.1) is 0 Å². The number of hydrogen-bond donors (Lipinski definition) is 2. The van der Waals surface area contributed by atoms with Crippen LogP contribution in [-0.2, 0) is 0 Å². The summed E-state index contributed by atoms with van der Waals surface area (Å²) in [6, 6.07) is 5.65. The number of nitrogens with zero attached hydrogens (tertiary/aromatic N) is 3. The molecule has 0 saturated heterocycles. The van der Waals surface area contributed by atoms with E-state index in [9.17, 15) is 0 Å². The van der Waals surface area contributed by atoms with Crippen molar-refractivity contribution in [3.05, 3.63) is 30.1 Å². The number of rotatable bonds is 4. The fraction of sp³-hybridized carbons (Fsp3) is 0.400. The first kappa shape index (κ1) is 13.8. The number of hydrogen-bond acceptors (Lipinski definition) is 6. The lowest BCUT2D eigenvalue weighted by atomic mass is 10.0. The van der Waals surface area contributed by atoms with Gasteiger partial charge < -0.3 is 10.2 Å². The predicted molar refractivity (Wildman–Crippen MR) is 80.8 cm³/mol. The summed E-state index contributed by atoms with van der Waals surface area (Å²) in [5.74, 6) is 7.89. The third-order valence-corrected chi connectivity index (χ3v) is 3.87. The van der Waals surface area contributed by atoms with Crippen LogP contribution in [0.15, 0.2) is 24.4 Å². The zero-order chi connectivity index (χ0) is 14.7. The Hall–Kier alpha value is -2.21. The molecular weight excluding hydrogens is 266 g/mol. The fourth-order valence-corrected chi connectivity index (χ4v) is 2.73. The molecule has 1 saturated carbocycles. The predicted octanol–water partition coefficient (Wildman–Crippen LogP) is 2.49. The van der Waals surface area contributed by atoms with Gasteiger partial charge in [0.1, 0.15) is 5.82 Å². The summed E-state index contributed by atoms with van der Waals surface area (Å²) in [6.45, 7) is 0. The van der Waals surface area contributed by atoms with Crippen molar-refractivity contribution < 1.29 is 4.74 Å². The van der Waals surface area contributed by atoms with Crippen molar-refractivity contribution in [2.75, 3.05) is 12.5 Å². The number of ether oxygens (including phenoxy) is 1. The van der Waals surface area contributed by atoms with Gasteiger partial charge in [0.2, 0.25) is 5.88 Å². The molecule has 110 valence electrons. The van der Waals surface area contributed by atoms with Crippen LogP contribution >= 0.6 is 0 Å². The van der Waals surface area contributed by atoms with E-state index in [1.807, 2.05) is 12.1 Å². The van der Waals surface area contributed by atoms with Crippen molar-refractivity contribution in [1.82, 2.24) is 15.0 Å². The third kappa shape index (κ3) is 2.95. The number of anilines is 1. The quantitative estimate of drug-likeness (QED) is 0.663. The first-order chi connectivity index (χ1) is 10.3. The van der Waals surface area contributed by atoms with Gasteiger partial charge in [-0.2, -0.15) is 0 Å². The molecule has 2 aromatic heterocycles. The Morgan fingerprint density at radius 3 is 2.67 bits per heavy atom. The van der Waals surface area contributed by atoms with E-state index in [0.29, 0.717) is 23.4 Å². The molecule has 2 heterocycles. The average Bonchev–Trinajstić information content (AvgIpc) is 3.09. The minimum Gasteiger partial charge on any atom is -0.481 e. The summed E-state index contributed by atoms with van der Waals surface area (Å²) in [5.41, 5.74) is 4.54.